The summed E-state index contributed by atoms with van der Waals surface area (Å²) < 4.78 is 51.6. The number of alkyl halides is 2. The van der Waals surface area contributed by atoms with Crippen molar-refractivity contribution in [2.45, 2.75) is 6.61 Å². The van der Waals surface area contributed by atoms with E-state index in [-0.39, 0.29) is 22.7 Å². The quantitative estimate of drug-likeness (QED) is 0.759. The molecule has 9 heteroatoms. The van der Waals surface area contributed by atoms with Crippen molar-refractivity contribution in [3.05, 3.63) is 53.8 Å². The first-order valence-electron chi connectivity index (χ1n) is 7.24. The fourth-order valence-electron chi connectivity index (χ4n) is 1.91. The fraction of sp³-hybridized carbons (Fsp3) is 0.176. The minimum absolute atomic E-state index is 0.0700. The lowest BCUT2D eigenvalue weighted by Gasteiger charge is -2.09. The predicted octanol–water partition coefficient (Wildman–Crippen LogP) is 3.23. The molecule has 6 nitrogen and oxygen atoms in total. The highest BCUT2D eigenvalue weighted by Crippen LogP contribution is 2.18. The van der Waals surface area contributed by atoms with Gasteiger partial charge in [-0.2, -0.15) is 8.78 Å². The minimum atomic E-state index is -2.95. The maximum absolute atomic E-state index is 13.7. The maximum atomic E-state index is 13.7. The van der Waals surface area contributed by atoms with Gasteiger partial charge in [-0.1, -0.05) is 0 Å². The van der Waals surface area contributed by atoms with Gasteiger partial charge in [0.1, 0.15) is 17.3 Å². The lowest BCUT2D eigenvalue weighted by molar-refractivity contribution is -0.119. The standard InChI is InChI=1S/C17H14F3NO5/c1-24-12-6-7-13(14(18)8-12)16(23)25-9-15(22)21-10-2-4-11(5-3-10)26-17(19)20/h2-8,17H,9H2,1H3,(H,21,22). The van der Waals surface area contributed by atoms with Gasteiger partial charge in [0.15, 0.2) is 6.61 Å². The molecule has 0 unspecified atom stereocenters. The first-order chi connectivity index (χ1) is 12.4. The Morgan fingerprint density at radius 2 is 1.73 bits per heavy atom. The van der Waals surface area contributed by atoms with Crippen LogP contribution in [0.1, 0.15) is 10.4 Å². The van der Waals surface area contributed by atoms with Crippen LogP contribution in [0.25, 0.3) is 0 Å². The van der Waals surface area contributed by atoms with Crippen molar-refractivity contribution in [1.29, 1.82) is 0 Å². The number of benzene rings is 2. The third-order valence-corrected chi connectivity index (χ3v) is 3.09. The molecule has 0 radical (unpaired) electrons. The molecule has 2 aromatic carbocycles. The number of ether oxygens (including phenoxy) is 3. The second kappa shape index (κ2) is 8.75. The number of carbonyl (C=O) groups excluding carboxylic acids is 2. The summed E-state index contributed by atoms with van der Waals surface area (Å²) in [4.78, 5) is 23.5. The zero-order valence-electron chi connectivity index (χ0n) is 13.5. The molecule has 0 saturated heterocycles. The van der Waals surface area contributed by atoms with Gasteiger partial charge in [-0.3, -0.25) is 4.79 Å². The summed E-state index contributed by atoms with van der Waals surface area (Å²) in [6.07, 6.45) is 0. The summed E-state index contributed by atoms with van der Waals surface area (Å²) in [7, 11) is 1.35. The number of carbonyl (C=O) groups is 2. The lowest BCUT2D eigenvalue weighted by atomic mass is 10.2. The van der Waals surface area contributed by atoms with Crippen molar-refractivity contribution in [2.24, 2.45) is 0 Å². The molecule has 2 rings (SSSR count). The van der Waals surface area contributed by atoms with Crippen LogP contribution in [0, 0.1) is 5.82 Å². The van der Waals surface area contributed by atoms with Crippen LogP contribution in [0.2, 0.25) is 0 Å². The van der Waals surface area contributed by atoms with E-state index in [2.05, 4.69) is 10.1 Å². The first kappa shape index (κ1) is 19.1. The summed E-state index contributed by atoms with van der Waals surface area (Å²) in [5.41, 5.74) is -0.0598. The number of anilines is 1. The predicted molar refractivity (Wildman–Crippen MR) is 84.9 cm³/mol. The molecular formula is C17H14F3NO5. The van der Waals surface area contributed by atoms with Gasteiger partial charge in [0.05, 0.1) is 12.7 Å². The van der Waals surface area contributed by atoms with E-state index in [1.807, 2.05) is 0 Å². The van der Waals surface area contributed by atoms with Gasteiger partial charge < -0.3 is 19.5 Å². The second-order valence-electron chi connectivity index (χ2n) is 4.87. The number of halogens is 3. The van der Waals surface area contributed by atoms with Crippen molar-refractivity contribution >= 4 is 17.6 Å². The molecule has 0 heterocycles. The van der Waals surface area contributed by atoms with Crippen molar-refractivity contribution in [3.8, 4) is 11.5 Å². The molecule has 0 aromatic heterocycles. The Balaban J connectivity index is 1.87. The molecule has 0 aliphatic carbocycles. The largest absolute Gasteiger partial charge is 0.497 e. The van der Waals surface area contributed by atoms with Crippen LogP contribution in [-0.2, 0) is 9.53 Å². The van der Waals surface area contributed by atoms with Gasteiger partial charge >= 0.3 is 12.6 Å². The van der Waals surface area contributed by atoms with E-state index >= 15 is 0 Å². The molecule has 0 saturated carbocycles. The number of nitrogens with one attached hydrogen (secondary N) is 1. The molecule has 2 aromatic rings. The van der Waals surface area contributed by atoms with E-state index < -0.39 is 30.9 Å². The second-order valence-corrected chi connectivity index (χ2v) is 4.87. The average Bonchev–Trinajstić information content (AvgIpc) is 2.60. The van der Waals surface area contributed by atoms with Crippen LogP contribution >= 0.6 is 0 Å². The van der Waals surface area contributed by atoms with Gasteiger partial charge in [-0.05, 0) is 36.4 Å². The van der Waals surface area contributed by atoms with Crippen molar-refractivity contribution < 1.29 is 37.0 Å². The highest BCUT2D eigenvalue weighted by molar-refractivity contribution is 5.95. The van der Waals surface area contributed by atoms with E-state index in [9.17, 15) is 22.8 Å². The van der Waals surface area contributed by atoms with E-state index in [0.717, 1.165) is 6.07 Å². The van der Waals surface area contributed by atoms with Gasteiger partial charge in [0.2, 0.25) is 0 Å². The number of rotatable bonds is 7. The van der Waals surface area contributed by atoms with Crippen LogP contribution in [0.3, 0.4) is 0 Å². The van der Waals surface area contributed by atoms with Gasteiger partial charge in [0.25, 0.3) is 5.91 Å². The zero-order chi connectivity index (χ0) is 19.1. The zero-order valence-corrected chi connectivity index (χ0v) is 13.5. The van der Waals surface area contributed by atoms with Gasteiger partial charge in [-0.15, -0.1) is 0 Å². The average molecular weight is 369 g/mol. The Morgan fingerprint density at radius 1 is 1.08 bits per heavy atom. The summed E-state index contributed by atoms with van der Waals surface area (Å²) in [5.74, 6) is -2.38. The summed E-state index contributed by atoms with van der Waals surface area (Å²) in [6.45, 7) is -3.60. The molecule has 0 atom stereocenters. The van der Waals surface area contributed by atoms with Crippen LogP contribution in [0.5, 0.6) is 11.5 Å². The van der Waals surface area contributed by atoms with E-state index in [1.54, 1.807) is 0 Å². The Morgan fingerprint density at radius 3 is 2.31 bits per heavy atom. The SMILES string of the molecule is COc1ccc(C(=O)OCC(=O)Nc2ccc(OC(F)F)cc2)c(F)c1. The smallest absolute Gasteiger partial charge is 0.387 e. The molecule has 0 fully saturated rings. The van der Waals surface area contributed by atoms with E-state index in [0.29, 0.717) is 0 Å². The summed E-state index contributed by atoms with van der Waals surface area (Å²) in [5, 5.41) is 2.39. The Bertz CT molecular complexity index is 780. The summed E-state index contributed by atoms with van der Waals surface area (Å²) in [6, 6.07) is 8.71. The normalized spacial score (nSPS) is 10.3. The highest BCUT2D eigenvalue weighted by atomic mass is 19.3. The van der Waals surface area contributed by atoms with Crippen molar-refractivity contribution in [1.82, 2.24) is 0 Å². The Hall–Kier alpha value is -3.23. The Labute approximate surface area is 146 Å². The molecule has 1 N–H and O–H groups in total. The molecule has 0 aliphatic rings. The number of amides is 1. The topological polar surface area (TPSA) is 73.9 Å². The van der Waals surface area contributed by atoms with E-state index in [4.69, 9.17) is 9.47 Å². The van der Waals surface area contributed by atoms with Gasteiger partial charge in [-0.25, -0.2) is 9.18 Å². The van der Waals surface area contributed by atoms with Gasteiger partial charge in [0, 0.05) is 11.8 Å². The number of hydrogen-bond acceptors (Lipinski definition) is 5. The molecule has 26 heavy (non-hydrogen) atoms. The van der Waals surface area contributed by atoms with Crippen LogP contribution in [0.15, 0.2) is 42.5 Å². The molecule has 0 bridgehead atoms. The Kier molecular flexibility index (Phi) is 6.42. The molecule has 138 valence electrons. The number of hydrogen-bond donors (Lipinski definition) is 1. The number of esters is 1. The van der Waals surface area contributed by atoms with Crippen LogP contribution in [-0.4, -0.2) is 32.2 Å². The number of methoxy groups -OCH3 is 1. The first-order valence-corrected chi connectivity index (χ1v) is 7.24. The molecule has 0 aliphatic heterocycles. The van der Waals surface area contributed by atoms with E-state index in [1.165, 1.54) is 43.5 Å². The van der Waals surface area contributed by atoms with Crippen LogP contribution < -0.4 is 14.8 Å². The summed E-state index contributed by atoms with van der Waals surface area (Å²) >= 11 is 0. The highest BCUT2D eigenvalue weighted by Gasteiger charge is 2.15. The third-order valence-electron chi connectivity index (χ3n) is 3.09. The lowest BCUT2D eigenvalue weighted by Crippen LogP contribution is -2.21. The molecular weight excluding hydrogens is 355 g/mol. The van der Waals surface area contributed by atoms with Crippen molar-refractivity contribution in [2.75, 3.05) is 19.0 Å². The minimum Gasteiger partial charge on any atom is -0.497 e. The monoisotopic (exact) mass is 369 g/mol. The third kappa shape index (κ3) is 5.40. The van der Waals surface area contributed by atoms with Crippen LogP contribution in [0.4, 0.5) is 18.9 Å². The maximum Gasteiger partial charge on any atom is 0.387 e. The molecule has 0 spiro atoms. The molecule has 1 amide bonds. The fourth-order valence-corrected chi connectivity index (χ4v) is 1.91. The van der Waals surface area contributed by atoms with Crippen molar-refractivity contribution in [3.63, 3.8) is 0 Å².